The van der Waals surface area contributed by atoms with Gasteiger partial charge in [-0.3, -0.25) is 4.79 Å². The van der Waals surface area contributed by atoms with Crippen molar-refractivity contribution in [2.75, 3.05) is 0 Å². The lowest BCUT2D eigenvalue weighted by molar-refractivity contribution is -0.116. The van der Waals surface area contributed by atoms with Crippen molar-refractivity contribution >= 4 is 5.78 Å². The second-order valence-electron chi connectivity index (χ2n) is 3.12. The van der Waals surface area contributed by atoms with Gasteiger partial charge in [-0.1, -0.05) is 18.2 Å². The summed E-state index contributed by atoms with van der Waals surface area (Å²) in [6.07, 6.45) is 2.00. The predicted molar refractivity (Wildman–Crippen MR) is 49.7 cm³/mol. The molecule has 66 valence electrons. The maximum Gasteiger partial charge on any atom is 0.137 e. The summed E-state index contributed by atoms with van der Waals surface area (Å²) < 4.78 is 5.29. The van der Waals surface area contributed by atoms with Crippen LogP contribution in [-0.2, 0) is 11.2 Å². The van der Waals surface area contributed by atoms with Crippen LogP contribution in [0, 0.1) is 0 Å². The lowest BCUT2D eigenvalue weighted by atomic mass is 10.1. The zero-order chi connectivity index (χ0) is 9.26. The largest absolute Gasteiger partial charge is 0.468 e. The maximum atomic E-state index is 10.9. The molecule has 0 aromatic rings. The SMILES string of the molecule is CC(=O)Cc1occc2cccc1-2. The zero-order valence-electron chi connectivity index (χ0n) is 7.41. The van der Waals surface area contributed by atoms with Gasteiger partial charge in [0.1, 0.15) is 11.5 Å². The Morgan fingerprint density at radius 3 is 3.00 bits per heavy atom. The van der Waals surface area contributed by atoms with Crippen molar-refractivity contribution in [3.63, 3.8) is 0 Å². The number of hydrogen-bond donors (Lipinski definition) is 0. The van der Waals surface area contributed by atoms with Gasteiger partial charge in [-0.05, 0) is 18.6 Å². The molecule has 1 heterocycles. The molecule has 1 aliphatic carbocycles. The van der Waals surface area contributed by atoms with Gasteiger partial charge in [0.15, 0.2) is 0 Å². The Morgan fingerprint density at radius 2 is 2.23 bits per heavy atom. The van der Waals surface area contributed by atoms with Crippen LogP contribution in [0.5, 0.6) is 0 Å². The molecule has 0 amide bonds. The van der Waals surface area contributed by atoms with E-state index >= 15 is 0 Å². The van der Waals surface area contributed by atoms with Crippen molar-refractivity contribution < 1.29 is 9.21 Å². The Balaban J connectivity index is 2.46. The summed E-state index contributed by atoms with van der Waals surface area (Å²) in [5, 5.41) is 0. The quantitative estimate of drug-likeness (QED) is 0.700. The Morgan fingerprint density at radius 1 is 1.38 bits per heavy atom. The highest BCUT2D eigenvalue weighted by Crippen LogP contribution is 2.26. The minimum Gasteiger partial charge on any atom is -0.468 e. The van der Waals surface area contributed by atoms with Gasteiger partial charge in [0, 0.05) is 5.56 Å². The molecule has 2 aliphatic rings. The Labute approximate surface area is 76.5 Å². The van der Waals surface area contributed by atoms with Crippen LogP contribution < -0.4 is 0 Å². The van der Waals surface area contributed by atoms with E-state index in [1.807, 2.05) is 24.3 Å². The van der Waals surface area contributed by atoms with Crippen LogP contribution >= 0.6 is 0 Å². The monoisotopic (exact) mass is 174 g/mol. The number of rotatable bonds is 2. The van der Waals surface area contributed by atoms with Crippen LogP contribution in [0.15, 0.2) is 34.9 Å². The molecule has 0 N–H and O–H groups in total. The summed E-state index contributed by atoms with van der Waals surface area (Å²) in [6, 6.07) is 7.84. The van der Waals surface area contributed by atoms with Gasteiger partial charge in [-0.15, -0.1) is 0 Å². The fourth-order valence-electron chi connectivity index (χ4n) is 1.45. The van der Waals surface area contributed by atoms with E-state index in [1.165, 1.54) is 0 Å². The van der Waals surface area contributed by atoms with Crippen LogP contribution in [-0.4, -0.2) is 5.78 Å². The summed E-state index contributed by atoms with van der Waals surface area (Å²) in [7, 11) is 0. The van der Waals surface area contributed by atoms with E-state index in [-0.39, 0.29) is 5.78 Å². The number of carbonyl (C=O) groups is 1. The first kappa shape index (κ1) is 8.05. The molecule has 0 atom stereocenters. The highest BCUT2D eigenvalue weighted by Gasteiger charge is 2.10. The van der Waals surface area contributed by atoms with Gasteiger partial charge in [0.2, 0.25) is 0 Å². The lowest BCUT2D eigenvalue weighted by Crippen LogP contribution is -1.97. The van der Waals surface area contributed by atoms with Gasteiger partial charge in [0.25, 0.3) is 0 Å². The van der Waals surface area contributed by atoms with Gasteiger partial charge in [-0.25, -0.2) is 0 Å². The smallest absolute Gasteiger partial charge is 0.137 e. The molecule has 1 aliphatic heterocycles. The second kappa shape index (κ2) is 3.05. The first-order valence-corrected chi connectivity index (χ1v) is 4.22. The molecule has 0 saturated carbocycles. The second-order valence-corrected chi connectivity index (χ2v) is 3.12. The summed E-state index contributed by atoms with van der Waals surface area (Å²) >= 11 is 0. The van der Waals surface area contributed by atoms with E-state index in [4.69, 9.17) is 4.42 Å². The molecule has 0 radical (unpaired) electrons. The lowest BCUT2D eigenvalue weighted by Gasteiger charge is -2.03. The van der Waals surface area contributed by atoms with Crippen LogP contribution in [0.4, 0.5) is 0 Å². The van der Waals surface area contributed by atoms with Crippen molar-refractivity contribution in [2.45, 2.75) is 13.3 Å². The van der Waals surface area contributed by atoms with Crippen molar-refractivity contribution in [3.05, 3.63) is 36.3 Å². The molecular weight excluding hydrogens is 164 g/mol. The molecule has 0 spiro atoms. The molecule has 13 heavy (non-hydrogen) atoms. The Kier molecular flexibility index (Phi) is 1.89. The standard InChI is InChI=1S/C11H10O2/c1-8(12)7-11-10-4-2-3-9(10)5-6-13-11/h2-6H,7H2,1H3. The third-order valence-corrected chi connectivity index (χ3v) is 2.02. The van der Waals surface area contributed by atoms with E-state index in [0.29, 0.717) is 6.42 Å². The highest BCUT2D eigenvalue weighted by atomic mass is 16.3. The Hall–Kier alpha value is -1.57. The van der Waals surface area contributed by atoms with E-state index < -0.39 is 0 Å². The van der Waals surface area contributed by atoms with Crippen molar-refractivity contribution in [1.82, 2.24) is 0 Å². The predicted octanol–water partition coefficient (Wildman–Crippen LogP) is 2.52. The van der Waals surface area contributed by atoms with Crippen LogP contribution in [0.25, 0.3) is 11.1 Å². The van der Waals surface area contributed by atoms with Gasteiger partial charge >= 0.3 is 0 Å². The van der Waals surface area contributed by atoms with E-state index in [1.54, 1.807) is 13.2 Å². The summed E-state index contributed by atoms with van der Waals surface area (Å²) in [5.74, 6) is 0.882. The minimum atomic E-state index is 0.123. The average Bonchev–Trinajstić information content (AvgIpc) is 2.51. The van der Waals surface area contributed by atoms with Crippen molar-refractivity contribution in [2.24, 2.45) is 0 Å². The minimum absolute atomic E-state index is 0.123. The van der Waals surface area contributed by atoms with Gasteiger partial charge in [0.05, 0.1) is 12.7 Å². The van der Waals surface area contributed by atoms with Gasteiger partial charge in [-0.2, -0.15) is 0 Å². The normalized spacial score (nSPS) is 10.5. The van der Waals surface area contributed by atoms with Crippen LogP contribution in [0.2, 0.25) is 0 Å². The molecule has 0 unspecified atom stereocenters. The highest BCUT2D eigenvalue weighted by molar-refractivity contribution is 5.80. The maximum absolute atomic E-state index is 10.9. The number of Topliss-reactive ketones (excluding diaryl/α,β-unsaturated/α-hetero) is 1. The summed E-state index contributed by atoms with van der Waals surface area (Å²) in [5.41, 5.74) is 2.17. The van der Waals surface area contributed by atoms with Crippen LogP contribution in [0.1, 0.15) is 12.7 Å². The molecular formula is C11H10O2. The van der Waals surface area contributed by atoms with Crippen molar-refractivity contribution in [3.8, 4) is 11.1 Å². The first-order chi connectivity index (χ1) is 6.27. The molecule has 2 heteroatoms. The fraction of sp³-hybridized carbons (Fsp3) is 0.182. The molecule has 0 saturated heterocycles. The van der Waals surface area contributed by atoms with Gasteiger partial charge < -0.3 is 4.42 Å². The Bertz CT molecular complexity index is 401. The van der Waals surface area contributed by atoms with Crippen molar-refractivity contribution in [1.29, 1.82) is 0 Å². The molecule has 0 bridgehead atoms. The molecule has 0 fully saturated rings. The molecule has 0 aromatic carbocycles. The van der Waals surface area contributed by atoms with E-state index in [9.17, 15) is 4.79 Å². The number of carbonyl (C=O) groups excluding carboxylic acids is 1. The molecule has 2 rings (SSSR count). The third-order valence-electron chi connectivity index (χ3n) is 2.02. The summed E-state index contributed by atoms with van der Waals surface area (Å²) in [4.78, 5) is 10.9. The average molecular weight is 174 g/mol. The molecule has 0 aromatic heterocycles. The van der Waals surface area contributed by atoms with Crippen LogP contribution in [0.3, 0.4) is 0 Å². The summed E-state index contributed by atoms with van der Waals surface area (Å²) in [6.45, 7) is 1.57. The number of ketones is 1. The van der Waals surface area contributed by atoms with E-state index in [0.717, 1.165) is 16.9 Å². The molecule has 2 nitrogen and oxygen atoms in total. The van der Waals surface area contributed by atoms with E-state index in [2.05, 4.69) is 0 Å². The zero-order valence-corrected chi connectivity index (χ0v) is 7.41. The topological polar surface area (TPSA) is 30.2 Å². The fourth-order valence-corrected chi connectivity index (χ4v) is 1.45. The number of hydrogen-bond acceptors (Lipinski definition) is 2. The first-order valence-electron chi connectivity index (χ1n) is 4.22. The third kappa shape index (κ3) is 1.47. The number of fused-ring (bicyclic) bond motifs is 1.